The van der Waals surface area contributed by atoms with E-state index in [1.807, 2.05) is 60.7 Å². The summed E-state index contributed by atoms with van der Waals surface area (Å²) < 4.78 is 44.0. The van der Waals surface area contributed by atoms with E-state index in [1.54, 1.807) is 24.3 Å². The Bertz CT molecular complexity index is 1470. The summed E-state index contributed by atoms with van der Waals surface area (Å²) in [5, 5.41) is 0. The molecule has 39 heavy (non-hydrogen) atoms. The van der Waals surface area contributed by atoms with Gasteiger partial charge in [0.05, 0.1) is 11.1 Å². The molecule has 6 nitrogen and oxygen atoms in total. The fourth-order valence-corrected chi connectivity index (χ4v) is 4.18. The average Bonchev–Trinajstić information content (AvgIpc) is 3.19. The van der Waals surface area contributed by atoms with Crippen molar-refractivity contribution in [2.75, 3.05) is 6.61 Å². The van der Waals surface area contributed by atoms with Crippen molar-refractivity contribution in [1.29, 1.82) is 0 Å². The Morgan fingerprint density at radius 2 is 1.10 bits per heavy atom. The summed E-state index contributed by atoms with van der Waals surface area (Å²) in [6, 6.07) is 31.6. The van der Waals surface area contributed by atoms with Crippen LogP contribution in [0.4, 0.5) is 8.78 Å². The Kier molecular flexibility index (Phi) is 7.19. The molecule has 0 saturated carbocycles. The van der Waals surface area contributed by atoms with Crippen molar-refractivity contribution in [3.63, 3.8) is 0 Å². The smallest absolute Gasteiger partial charge is 0.382 e. The largest absolute Gasteiger partial charge is 0.458 e. The van der Waals surface area contributed by atoms with Crippen LogP contribution in [0, 0.1) is 0 Å². The summed E-state index contributed by atoms with van der Waals surface area (Å²) in [6.45, 7) is -0.717. The maximum Gasteiger partial charge on any atom is 0.382 e. The third kappa shape index (κ3) is 5.55. The molecule has 0 aromatic heterocycles. The van der Waals surface area contributed by atoms with Crippen molar-refractivity contribution < 1.29 is 37.4 Å². The molecule has 0 amide bonds. The first-order valence-corrected chi connectivity index (χ1v) is 12.1. The molecule has 4 aromatic carbocycles. The molecule has 0 unspecified atom stereocenters. The van der Waals surface area contributed by atoms with Crippen LogP contribution < -0.4 is 0 Å². The third-order valence-electron chi connectivity index (χ3n) is 6.29. The van der Waals surface area contributed by atoms with Gasteiger partial charge in [0.2, 0.25) is 6.10 Å². The minimum absolute atomic E-state index is 0.0130. The van der Waals surface area contributed by atoms with Gasteiger partial charge in [-0.25, -0.2) is 14.4 Å². The maximum atomic E-state index is 14.6. The van der Waals surface area contributed by atoms with Crippen LogP contribution in [-0.2, 0) is 19.0 Å². The summed E-state index contributed by atoms with van der Waals surface area (Å²) in [5.41, 5.74) is 3.75. The minimum Gasteiger partial charge on any atom is -0.458 e. The molecule has 196 valence electrons. The third-order valence-corrected chi connectivity index (χ3v) is 6.29. The molecule has 0 spiro atoms. The fourth-order valence-electron chi connectivity index (χ4n) is 4.18. The van der Waals surface area contributed by atoms with E-state index in [9.17, 15) is 23.2 Å². The minimum atomic E-state index is -4.10. The van der Waals surface area contributed by atoms with Crippen molar-refractivity contribution >= 4 is 17.9 Å². The molecule has 1 aliphatic heterocycles. The lowest BCUT2D eigenvalue weighted by Gasteiger charge is -2.20. The molecule has 0 N–H and O–H groups in total. The highest BCUT2D eigenvalue weighted by Gasteiger charge is 2.63. The van der Waals surface area contributed by atoms with Crippen LogP contribution in [-0.4, -0.2) is 42.6 Å². The topological polar surface area (TPSA) is 78.9 Å². The maximum absolute atomic E-state index is 14.6. The zero-order valence-electron chi connectivity index (χ0n) is 20.5. The number of cyclic esters (lactones) is 1. The first kappa shape index (κ1) is 25.8. The number of carbonyl (C=O) groups is 3. The number of ether oxygens (including phenoxy) is 3. The summed E-state index contributed by atoms with van der Waals surface area (Å²) in [4.78, 5) is 37.0. The molecule has 1 heterocycles. The van der Waals surface area contributed by atoms with Crippen molar-refractivity contribution in [3.05, 3.63) is 120 Å². The lowest BCUT2D eigenvalue weighted by molar-refractivity contribution is -0.163. The molecule has 8 heteroatoms. The molecule has 2 atom stereocenters. The van der Waals surface area contributed by atoms with Gasteiger partial charge in [0.25, 0.3) is 0 Å². The number of esters is 3. The summed E-state index contributed by atoms with van der Waals surface area (Å²) >= 11 is 0. The van der Waals surface area contributed by atoms with Gasteiger partial charge in [0, 0.05) is 0 Å². The summed E-state index contributed by atoms with van der Waals surface area (Å²) in [5.74, 6) is -7.82. The monoisotopic (exact) mass is 528 g/mol. The second-order valence-electron chi connectivity index (χ2n) is 8.88. The molecular weight excluding hydrogens is 506 g/mol. The number of carbonyl (C=O) groups excluding carboxylic acids is 3. The number of alkyl halides is 2. The SMILES string of the molecule is O=C(OC[C@H]1OC(=O)C(F)(F)[C@@H]1OC(=O)c1ccc(-c2ccccc2)cc1)c1ccc(-c2ccccc2)cc1. The molecule has 0 bridgehead atoms. The van der Waals surface area contributed by atoms with Crippen molar-refractivity contribution in [3.8, 4) is 22.3 Å². The van der Waals surface area contributed by atoms with E-state index in [4.69, 9.17) is 14.2 Å². The van der Waals surface area contributed by atoms with Gasteiger partial charge in [-0.2, -0.15) is 8.78 Å². The van der Waals surface area contributed by atoms with Crippen LogP contribution in [0.2, 0.25) is 0 Å². The van der Waals surface area contributed by atoms with E-state index < -0.39 is 42.6 Å². The van der Waals surface area contributed by atoms with E-state index in [2.05, 4.69) is 0 Å². The van der Waals surface area contributed by atoms with Gasteiger partial charge >= 0.3 is 23.8 Å². The van der Waals surface area contributed by atoms with Gasteiger partial charge in [-0.1, -0.05) is 84.9 Å². The van der Waals surface area contributed by atoms with Gasteiger partial charge in [0.1, 0.15) is 6.61 Å². The Hall–Kier alpha value is -4.85. The van der Waals surface area contributed by atoms with Crippen LogP contribution in [0.15, 0.2) is 109 Å². The van der Waals surface area contributed by atoms with E-state index in [0.717, 1.165) is 22.3 Å². The number of hydrogen-bond donors (Lipinski definition) is 0. The van der Waals surface area contributed by atoms with E-state index in [0.29, 0.717) is 0 Å². The highest BCUT2D eigenvalue weighted by Crippen LogP contribution is 2.35. The van der Waals surface area contributed by atoms with Gasteiger partial charge in [0.15, 0.2) is 6.10 Å². The van der Waals surface area contributed by atoms with Crippen LogP contribution in [0.1, 0.15) is 20.7 Å². The van der Waals surface area contributed by atoms with Gasteiger partial charge in [-0.3, -0.25) is 0 Å². The number of rotatable bonds is 7. The molecular formula is C31H22F2O6. The average molecular weight is 529 g/mol. The molecule has 4 aromatic rings. The Balaban J connectivity index is 1.24. The Labute approximate surface area is 222 Å². The first-order valence-electron chi connectivity index (χ1n) is 12.1. The summed E-state index contributed by atoms with van der Waals surface area (Å²) in [6.07, 6.45) is -3.94. The van der Waals surface area contributed by atoms with Gasteiger partial charge < -0.3 is 14.2 Å². The van der Waals surface area contributed by atoms with Crippen LogP contribution in [0.5, 0.6) is 0 Å². The zero-order valence-corrected chi connectivity index (χ0v) is 20.5. The lowest BCUT2D eigenvalue weighted by atomic mass is 10.0. The predicted octanol–water partition coefficient (Wildman–Crippen LogP) is 5.96. The van der Waals surface area contributed by atoms with Crippen LogP contribution >= 0.6 is 0 Å². The number of benzene rings is 4. The number of hydrogen-bond acceptors (Lipinski definition) is 6. The molecule has 1 aliphatic rings. The lowest BCUT2D eigenvalue weighted by Crippen LogP contribution is -2.43. The molecule has 5 rings (SSSR count). The highest BCUT2D eigenvalue weighted by atomic mass is 19.3. The molecule has 0 aliphatic carbocycles. The van der Waals surface area contributed by atoms with E-state index in [-0.39, 0.29) is 11.1 Å². The quantitative estimate of drug-likeness (QED) is 0.218. The fraction of sp³-hybridized carbons (Fsp3) is 0.129. The molecule has 1 fully saturated rings. The van der Waals surface area contributed by atoms with Crippen molar-refractivity contribution in [1.82, 2.24) is 0 Å². The van der Waals surface area contributed by atoms with Gasteiger partial charge in [-0.15, -0.1) is 0 Å². The standard InChI is InChI=1S/C31H22F2O6/c32-31(33)27(39-29(35)25-17-13-23(14-18-25)21-9-5-2-6-10-21)26(38-30(31)36)19-37-28(34)24-15-11-22(12-16-24)20-7-3-1-4-8-20/h1-18,26-27H,19H2/t26-,27-/m1/s1. The van der Waals surface area contributed by atoms with Crippen LogP contribution in [0.3, 0.4) is 0 Å². The first-order chi connectivity index (χ1) is 18.8. The predicted molar refractivity (Wildman–Crippen MR) is 138 cm³/mol. The van der Waals surface area contributed by atoms with Crippen molar-refractivity contribution in [2.24, 2.45) is 0 Å². The summed E-state index contributed by atoms with van der Waals surface area (Å²) in [7, 11) is 0. The second-order valence-corrected chi connectivity index (χ2v) is 8.88. The van der Waals surface area contributed by atoms with E-state index >= 15 is 0 Å². The number of halogens is 2. The van der Waals surface area contributed by atoms with Gasteiger partial charge in [-0.05, 0) is 46.5 Å². The molecule has 1 saturated heterocycles. The highest BCUT2D eigenvalue weighted by molar-refractivity contribution is 5.92. The van der Waals surface area contributed by atoms with Crippen molar-refractivity contribution in [2.45, 2.75) is 18.1 Å². The Morgan fingerprint density at radius 1 is 0.667 bits per heavy atom. The van der Waals surface area contributed by atoms with Crippen LogP contribution in [0.25, 0.3) is 22.3 Å². The van der Waals surface area contributed by atoms with E-state index in [1.165, 1.54) is 24.3 Å². The normalized spacial score (nSPS) is 17.7. The zero-order chi connectivity index (χ0) is 27.4. The second kappa shape index (κ2) is 10.9. The Morgan fingerprint density at radius 3 is 1.59 bits per heavy atom. The molecule has 0 radical (unpaired) electrons.